The number of anilines is 1. The Bertz CT molecular complexity index is 532. The highest BCUT2D eigenvalue weighted by Gasteiger charge is 2.49. The van der Waals surface area contributed by atoms with Gasteiger partial charge in [-0.1, -0.05) is 12.8 Å². The van der Waals surface area contributed by atoms with Crippen LogP contribution in [-0.4, -0.2) is 19.1 Å². The number of hydrogen-bond acceptors (Lipinski definition) is 3. The minimum atomic E-state index is -0.300. The first-order valence-electron chi connectivity index (χ1n) is 6.55. The van der Waals surface area contributed by atoms with Gasteiger partial charge in [0.1, 0.15) is 13.2 Å². The maximum absolute atomic E-state index is 12.3. The maximum Gasteiger partial charge on any atom is 0.235 e. The molecule has 1 aliphatic carbocycles. The van der Waals surface area contributed by atoms with Gasteiger partial charge in [0.25, 0.3) is 0 Å². The molecule has 2 heterocycles. The van der Waals surface area contributed by atoms with Crippen molar-refractivity contribution in [1.82, 2.24) is 0 Å². The van der Waals surface area contributed by atoms with Crippen LogP contribution in [0.3, 0.4) is 0 Å². The monoisotopic (exact) mass is 245 g/mol. The fraction of sp³-hybridized carbons (Fsp3) is 0.500. The highest BCUT2D eigenvalue weighted by atomic mass is 16.6. The molecule has 1 saturated carbocycles. The van der Waals surface area contributed by atoms with E-state index in [1.807, 2.05) is 12.1 Å². The smallest absolute Gasteiger partial charge is 0.235 e. The van der Waals surface area contributed by atoms with Gasteiger partial charge in [-0.2, -0.15) is 0 Å². The molecule has 0 atom stereocenters. The first kappa shape index (κ1) is 10.2. The molecular formula is C14H15NO3. The third-order valence-corrected chi connectivity index (χ3v) is 4.34. The first-order valence-corrected chi connectivity index (χ1v) is 6.55. The average molecular weight is 245 g/mol. The van der Waals surface area contributed by atoms with E-state index in [-0.39, 0.29) is 11.3 Å². The second-order valence-corrected chi connectivity index (χ2v) is 5.28. The molecule has 0 aromatic heterocycles. The molecule has 94 valence electrons. The molecular weight excluding hydrogens is 230 g/mol. The number of benzene rings is 1. The van der Waals surface area contributed by atoms with Crippen molar-refractivity contribution in [2.75, 3.05) is 18.5 Å². The van der Waals surface area contributed by atoms with Crippen molar-refractivity contribution in [3.63, 3.8) is 0 Å². The molecule has 1 amide bonds. The van der Waals surface area contributed by atoms with Gasteiger partial charge in [-0.05, 0) is 24.5 Å². The lowest BCUT2D eigenvalue weighted by Crippen LogP contribution is -2.31. The van der Waals surface area contributed by atoms with Crippen LogP contribution in [0.15, 0.2) is 12.1 Å². The van der Waals surface area contributed by atoms with E-state index in [9.17, 15) is 4.79 Å². The number of carbonyl (C=O) groups excluding carboxylic acids is 1. The molecule has 4 rings (SSSR count). The van der Waals surface area contributed by atoms with Crippen molar-refractivity contribution in [3.05, 3.63) is 17.7 Å². The van der Waals surface area contributed by atoms with E-state index in [4.69, 9.17) is 9.47 Å². The minimum Gasteiger partial charge on any atom is -0.486 e. The molecule has 1 fully saturated rings. The summed E-state index contributed by atoms with van der Waals surface area (Å²) < 4.78 is 11.2. The molecule has 18 heavy (non-hydrogen) atoms. The Morgan fingerprint density at radius 2 is 1.72 bits per heavy atom. The Morgan fingerprint density at radius 1 is 1.06 bits per heavy atom. The van der Waals surface area contributed by atoms with Gasteiger partial charge in [-0.3, -0.25) is 4.79 Å². The molecule has 4 heteroatoms. The van der Waals surface area contributed by atoms with Gasteiger partial charge in [0.2, 0.25) is 5.91 Å². The largest absolute Gasteiger partial charge is 0.486 e. The van der Waals surface area contributed by atoms with Crippen LogP contribution in [0.25, 0.3) is 0 Å². The Morgan fingerprint density at radius 3 is 2.44 bits per heavy atom. The van der Waals surface area contributed by atoms with Crippen LogP contribution in [0.5, 0.6) is 11.5 Å². The van der Waals surface area contributed by atoms with Crippen LogP contribution in [0, 0.1) is 0 Å². The van der Waals surface area contributed by atoms with E-state index in [0.29, 0.717) is 13.2 Å². The lowest BCUT2D eigenvalue weighted by molar-refractivity contribution is -0.120. The average Bonchev–Trinajstić information content (AvgIpc) is 2.97. The highest BCUT2D eigenvalue weighted by Crippen LogP contribution is 2.51. The van der Waals surface area contributed by atoms with E-state index < -0.39 is 0 Å². The number of rotatable bonds is 0. The number of nitrogens with one attached hydrogen (secondary N) is 1. The molecule has 0 unspecified atom stereocenters. The fourth-order valence-corrected chi connectivity index (χ4v) is 3.43. The zero-order chi connectivity index (χ0) is 12.2. The van der Waals surface area contributed by atoms with Crippen molar-refractivity contribution in [3.8, 4) is 11.5 Å². The maximum atomic E-state index is 12.3. The zero-order valence-electron chi connectivity index (χ0n) is 10.1. The summed E-state index contributed by atoms with van der Waals surface area (Å²) >= 11 is 0. The van der Waals surface area contributed by atoms with Crippen molar-refractivity contribution in [1.29, 1.82) is 0 Å². The van der Waals surface area contributed by atoms with E-state index in [2.05, 4.69) is 5.32 Å². The second kappa shape index (κ2) is 3.40. The summed E-state index contributed by atoms with van der Waals surface area (Å²) in [5, 5.41) is 3.01. The van der Waals surface area contributed by atoms with E-state index in [1.165, 1.54) is 0 Å². The summed E-state index contributed by atoms with van der Waals surface area (Å²) in [5.41, 5.74) is 1.71. The molecule has 1 spiro atoms. The topological polar surface area (TPSA) is 47.6 Å². The summed E-state index contributed by atoms with van der Waals surface area (Å²) in [6.45, 7) is 1.16. The van der Waals surface area contributed by atoms with Crippen LogP contribution in [0.2, 0.25) is 0 Å². The summed E-state index contributed by atoms with van der Waals surface area (Å²) in [6, 6.07) is 3.92. The Labute approximate surface area is 105 Å². The summed E-state index contributed by atoms with van der Waals surface area (Å²) in [5.74, 6) is 1.68. The predicted molar refractivity (Wildman–Crippen MR) is 66.2 cm³/mol. The van der Waals surface area contributed by atoms with E-state index >= 15 is 0 Å². The molecule has 1 N–H and O–H groups in total. The lowest BCUT2D eigenvalue weighted by Gasteiger charge is -2.23. The third-order valence-electron chi connectivity index (χ3n) is 4.34. The predicted octanol–water partition coefficient (Wildman–Crippen LogP) is 2.22. The van der Waals surface area contributed by atoms with Crippen molar-refractivity contribution < 1.29 is 14.3 Å². The van der Waals surface area contributed by atoms with Crippen LogP contribution in [0.1, 0.15) is 31.2 Å². The van der Waals surface area contributed by atoms with Crippen LogP contribution in [-0.2, 0) is 10.2 Å². The van der Waals surface area contributed by atoms with Gasteiger partial charge >= 0.3 is 0 Å². The fourth-order valence-electron chi connectivity index (χ4n) is 3.43. The van der Waals surface area contributed by atoms with Gasteiger partial charge < -0.3 is 14.8 Å². The number of amides is 1. The molecule has 4 nitrogen and oxygen atoms in total. The Kier molecular flexibility index (Phi) is 1.93. The van der Waals surface area contributed by atoms with Crippen molar-refractivity contribution in [2.45, 2.75) is 31.1 Å². The van der Waals surface area contributed by atoms with Gasteiger partial charge in [-0.15, -0.1) is 0 Å². The summed E-state index contributed by atoms with van der Waals surface area (Å²) in [7, 11) is 0. The Hall–Kier alpha value is -1.71. The summed E-state index contributed by atoms with van der Waals surface area (Å²) in [6.07, 6.45) is 4.15. The molecule has 0 saturated heterocycles. The van der Waals surface area contributed by atoms with Crippen molar-refractivity contribution >= 4 is 11.6 Å². The molecule has 2 aliphatic heterocycles. The zero-order valence-corrected chi connectivity index (χ0v) is 10.1. The lowest BCUT2D eigenvalue weighted by atomic mass is 9.80. The molecule has 0 radical (unpaired) electrons. The summed E-state index contributed by atoms with van der Waals surface area (Å²) in [4.78, 5) is 12.3. The number of ether oxygens (including phenoxy) is 2. The SMILES string of the molecule is O=C1Nc2cc3c(cc2C12CCCC2)OCCO3. The van der Waals surface area contributed by atoms with Crippen LogP contribution >= 0.6 is 0 Å². The van der Waals surface area contributed by atoms with Crippen LogP contribution < -0.4 is 14.8 Å². The second-order valence-electron chi connectivity index (χ2n) is 5.28. The van der Waals surface area contributed by atoms with Gasteiger partial charge in [-0.25, -0.2) is 0 Å². The third kappa shape index (κ3) is 1.18. The number of carbonyl (C=O) groups is 1. The standard InChI is InChI=1S/C14H15NO3/c16-13-14(3-1-2-4-14)9-7-11-12(8-10(9)15-13)18-6-5-17-11/h7-8H,1-6H2,(H,15,16). The first-order chi connectivity index (χ1) is 8.79. The van der Waals surface area contributed by atoms with E-state index in [1.54, 1.807) is 0 Å². The van der Waals surface area contributed by atoms with Crippen molar-refractivity contribution in [2.24, 2.45) is 0 Å². The number of fused-ring (bicyclic) bond motifs is 3. The molecule has 1 aromatic carbocycles. The van der Waals surface area contributed by atoms with E-state index in [0.717, 1.165) is 48.4 Å². The van der Waals surface area contributed by atoms with Gasteiger partial charge in [0.15, 0.2) is 11.5 Å². The Balaban J connectivity index is 1.88. The van der Waals surface area contributed by atoms with Gasteiger partial charge in [0, 0.05) is 11.8 Å². The molecule has 1 aromatic rings. The van der Waals surface area contributed by atoms with Crippen LogP contribution in [0.4, 0.5) is 5.69 Å². The highest BCUT2D eigenvalue weighted by molar-refractivity contribution is 6.07. The quantitative estimate of drug-likeness (QED) is 0.762. The minimum absolute atomic E-state index is 0.150. The molecule has 3 aliphatic rings. The number of hydrogen-bond donors (Lipinski definition) is 1. The molecule has 0 bridgehead atoms. The normalized spacial score (nSPS) is 23.0. The van der Waals surface area contributed by atoms with Gasteiger partial charge in [0.05, 0.1) is 5.41 Å².